The number of benzene rings is 1. The zero-order valence-corrected chi connectivity index (χ0v) is 19.9. The van der Waals surface area contributed by atoms with E-state index in [2.05, 4.69) is 47.8 Å². The van der Waals surface area contributed by atoms with Gasteiger partial charge in [-0.25, -0.2) is 4.99 Å². The number of hydrogen-bond donors (Lipinski definition) is 4. The summed E-state index contributed by atoms with van der Waals surface area (Å²) >= 11 is 6.10. The highest BCUT2D eigenvalue weighted by atomic mass is 35.5. The monoisotopic (exact) mass is 456 g/mol. The molecule has 0 bridgehead atoms. The SMILES string of the molecule is CC(C)c1[nH]nc2c(Nc3ccc(Cl)c(N)c3)nc(=NC3CCC(N)CC3)n(C(C)C)c12. The van der Waals surface area contributed by atoms with E-state index in [1.54, 1.807) is 12.1 Å². The molecule has 6 N–H and O–H groups in total. The predicted octanol–water partition coefficient (Wildman–Crippen LogP) is 4.61. The molecule has 3 aromatic rings. The highest BCUT2D eigenvalue weighted by Crippen LogP contribution is 2.30. The van der Waals surface area contributed by atoms with Crippen LogP contribution in [0.15, 0.2) is 23.2 Å². The Kier molecular flexibility index (Phi) is 6.44. The maximum absolute atomic E-state index is 6.11. The lowest BCUT2D eigenvalue weighted by atomic mass is 9.92. The quantitative estimate of drug-likeness (QED) is 0.417. The number of aromatic amines is 1. The Hall–Kier alpha value is -2.58. The molecule has 1 aliphatic rings. The second-order valence-electron chi connectivity index (χ2n) is 9.27. The van der Waals surface area contributed by atoms with Crippen LogP contribution in [0.4, 0.5) is 17.2 Å². The van der Waals surface area contributed by atoms with Crippen molar-refractivity contribution >= 4 is 39.8 Å². The summed E-state index contributed by atoms with van der Waals surface area (Å²) in [6, 6.07) is 6.12. The fourth-order valence-corrected chi connectivity index (χ4v) is 4.41. The summed E-state index contributed by atoms with van der Waals surface area (Å²) in [6.45, 7) is 8.62. The molecule has 0 amide bonds. The standard InChI is InChI=1S/C23H33ClN8/c1-12(2)19-21-20(31-30-19)22(27-16-9-10-17(24)18(26)11-16)29-23(32(21)13(3)4)28-15-7-5-14(25)6-8-15/h9-15H,5-8,25-26H2,1-4H3,(H,30,31)(H,27,28,29). The maximum Gasteiger partial charge on any atom is 0.227 e. The molecule has 4 rings (SSSR count). The van der Waals surface area contributed by atoms with E-state index >= 15 is 0 Å². The van der Waals surface area contributed by atoms with Crippen molar-refractivity contribution in [2.45, 2.75) is 77.4 Å². The summed E-state index contributed by atoms with van der Waals surface area (Å²) < 4.78 is 2.20. The van der Waals surface area contributed by atoms with Crippen molar-refractivity contribution in [3.8, 4) is 0 Å². The number of rotatable bonds is 5. The fraction of sp³-hybridized carbons (Fsp3) is 0.522. The minimum Gasteiger partial charge on any atom is -0.397 e. The molecule has 0 aliphatic heterocycles. The van der Waals surface area contributed by atoms with Gasteiger partial charge in [-0.05, 0) is 63.6 Å². The van der Waals surface area contributed by atoms with Crippen molar-refractivity contribution < 1.29 is 0 Å². The zero-order valence-electron chi connectivity index (χ0n) is 19.2. The third-order valence-electron chi connectivity index (χ3n) is 6.05. The first-order valence-electron chi connectivity index (χ1n) is 11.4. The van der Waals surface area contributed by atoms with Crippen LogP contribution >= 0.6 is 11.6 Å². The van der Waals surface area contributed by atoms with Crippen LogP contribution in [0.1, 0.15) is 71.0 Å². The van der Waals surface area contributed by atoms with E-state index in [1.807, 2.05) is 6.07 Å². The number of hydrogen-bond acceptors (Lipinski definition) is 6. The third kappa shape index (κ3) is 4.47. The second kappa shape index (κ2) is 9.11. The molecule has 1 saturated carbocycles. The molecule has 32 heavy (non-hydrogen) atoms. The lowest BCUT2D eigenvalue weighted by Gasteiger charge is -2.24. The van der Waals surface area contributed by atoms with E-state index in [-0.39, 0.29) is 24.0 Å². The molecule has 1 fully saturated rings. The Labute approximate surface area is 193 Å². The Morgan fingerprint density at radius 2 is 1.91 bits per heavy atom. The number of nitrogens with two attached hydrogens (primary N) is 2. The van der Waals surface area contributed by atoms with Gasteiger partial charge < -0.3 is 21.4 Å². The van der Waals surface area contributed by atoms with Gasteiger partial charge in [0.2, 0.25) is 5.62 Å². The molecule has 0 spiro atoms. The molecule has 2 heterocycles. The molecule has 0 unspecified atom stereocenters. The van der Waals surface area contributed by atoms with Crippen LogP contribution in [0.2, 0.25) is 5.02 Å². The van der Waals surface area contributed by atoms with Crippen LogP contribution in [0.25, 0.3) is 11.0 Å². The van der Waals surface area contributed by atoms with E-state index in [9.17, 15) is 0 Å². The smallest absolute Gasteiger partial charge is 0.227 e. The van der Waals surface area contributed by atoms with Crippen molar-refractivity contribution in [1.82, 2.24) is 19.7 Å². The van der Waals surface area contributed by atoms with Gasteiger partial charge in [0.1, 0.15) is 0 Å². The summed E-state index contributed by atoms with van der Waals surface area (Å²) in [6.07, 6.45) is 3.96. The van der Waals surface area contributed by atoms with E-state index in [4.69, 9.17) is 33.0 Å². The predicted molar refractivity (Wildman–Crippen MR) is 131 cm³/mol. The van der Waals surface area contributed by atoms with Gasteiger partial charge in [0.15, 0.2) is 11.3 Å². The first kappa shape index (κ1) is 22.6. The van der Waals surface area contributed by atoms with Crippen molar-refractivity contribution in [2.24, 2.45) is 10.7 Å². The summed E-state index contributed by atoms with van der Waals surface area (Å²) in [5.41, 5.74) is 17.0. The van der Waals surface area contributed by atoms with Gasteiger partial charge in [-0.1, -0.05) is 25.4 Å². The van der Waals surface area contributed by atoms with E-state index < -0.39 is 0 Å². The van der Waals surface area contributed by atoms with E-state index in [0.717, 1.165) is 48.1 Å². The average molecular weight is 457 g/mol. The van der Waals surface area contributed by atoms with Crippen molar-refractivity contribution in [1.29, 1.82) is 0 Å². The van der Waals surface area contributed by atoms with Crippen LogP contribution in [0, 0.1) is 0 Å². The molecule has 2 aromatic heterocycles. The topological polar surface area (TPSA) is 123 Å². The lowest BCUT2D eigenvalue weighted by Crippen LogP contribution is -2.33. The normalized spacial score (nSPS) is 19.9. The summed E-state index contributed by atoms with van der Waals surface area (Å²) in [5, 5.41) is 11.8. The molecule has 0 radical (unpaired) electrons. The van der Waals surface area contributed by atoms with Crippen molar-refractivity contribution in [3.05, 3.63) is 34.5 Å². The number of anilines is 3. The first-order valence-corrected chi connectivity index (χ1v) is 11.7. The second-order valence-corrected chi connectivity index (χ2v) is 9.68. The first-order chi connectivity index (χ1) is 15.2. The number of aromatic nitrogens is 4. The number of nitrogens with zero attached hydrogens (tertiary/aromatic N) is 4. The lowest BCUT2D eigenvalue weighted by molar-refractivity contribution is 0.386. The summed E-state index contributed by atoms with van der Waals surface area (Å²) in [7, 11) is 0. The Bertz CT molecular complexity index is 1170. The van der Waals surface area contributed by atoms with E-state index in [0.29, 0.717) is 22.1 Å². The summed E-state index contributed by atoms with van der Waals surface area (Å²) in [5.74, 6) is 0.917. The third-order valence-corrected chi connectivity index (χ3v) is 6.40. The van der Waals surface area contributed by atoms with Gasteiger partial charge in [0, 0.05) is 17.8 Å². The minimum atomic E-state index is 0.171. The van der Waals surface area contributed by atoms with Gasteiger partial charge in [-0.3, -0.25) is 5.10 Å². The number of halogens is 1. The number of fused-ring (bicyclic) bond motifs is 1. The van der Waals surface area contributed by atoms with Gasteiger partial charge in [0.25, 0.3) is 0 Å². The number of nitrogens with one attached hydrogen (secondary N) is 2. The maximum atomic E-state index is 6.11. The molecule has 172 valence electrons. The van der Waals surface area contributed by atoms with Crippen LogP contribution in [0.5, 0.6) is 0 Å². The fourth-order valence-electron chi connectivity index (χ4n) is 4.29. The molecule has 1 aromatic carbocycles. The van der Waals surface area contributed by atoms with Gasteiger partial charge in [0.05, 0.1) is 28.0 Å². The van der Waals surface area contributed by atoms with Crippen molar-refractivity contribution in [2.75, 3.05) is 11.1 Å². The Morgan fingerprint density at radius 1 is 1.19 bits per heavy atom. The Morgan fingerprint density at radius 3 is 2.53 bits per heavy atom. The molecule has 9 heteroatoms. The molecule has 0 saturated heterocycles. The molecule has 8 nitrogen and oxygen atoms in total. The molecular formula is C23H33ClN8. The average Bonchev–Trinajstić information content (AvgIpc) is 3.17. The van der Waals surface area contributed by atoms with Gasteiger partial charge in [-0.2, -0.15) is 10.1 Å². The van der Waals surface area contributed by atoms with E-state index in [1.165, 1.54) is 0 Å². The molecular weight excluding hydrogens is 424 g/mol. The van der Waals surface area contributed by atoms with Crippen molar-refractivity contribution in [3.63, 3.8) is 0 Å². The number of nitrogen functional groups attached to an aromatic ring is 1. The zero-order chi connectivity index (χ0) is 23.0. The highest BCUT2D eigenvalue weighted by molar-refractivity contribution is 6.33. The van der Waals surface area contributed by atoms with Crippen LogP contribution in [0.3, 0.4) is 0 Å². The largest absolute Gasteiger partial charge is 0.397 e. The molecule has 1 aliphatic carbocycles. The number of H-pyrrole nitrogens is 1. The Balaban J connectivity index is 1.91. The van der Waals surface area contributed by atoms with Crippen LogP contribution in [-0.2, 0) is 0 Å². The van der Waals surface area contributed by atoms with Gasteiger partial charge >= 0.3 is 0 Å². The molecule has 0 atom stereocenters. The summed E-state index contributed by atoms with van der Waals surface area (Å²) in [4.78, 5) is 10.1. The van der Waals surface area contributed by atoms with Crippen LogP contribution < -0.4 is 22.4 Å². The van der Waals surface area contributed by atoms with Crippen LogP contribution in [-0.4, -0.2) is 31.8 Å². The minimum absolute atomic E-state index is 0.171. The highest BCUT2D eigenvalue weighted by Gasteiger charge is 2.22. The van der Waals surface area contributed by atoms with Gasteiger partial charge in [-0.15, -0.1) is 0 Å².